The molecule has 88 valence electrons. The molecule has 0 unspecified atom stereocenters. The number of nitrogens with two attached hydrogens (primary N) is 2. The number of nitrogens with zero attached hydrogens (tertiary/aromatic N) is 2. The number of rotatable bonds is 0. The molecule has 6 heteroatoms. The van der Waals surface area contributed by atoms with Gasteiger partial charge in [-0.3, -0.25) is 4.79 Å². The lowest BCUT2D eigenvalue weighted by molar-refractivity contribution is 0.682. The van der Waals surface area contributed by atoms with Crippen LogP contribution in [-0.2, 0) is 12.8 Å². The van der Waals surface area contributed by atoms with E-state index in [4.69, 9.17) is 11.5 Å². The van der Waals surface area contributed by atoms with Crippen molar-refractivity contribution in [3.05, 3.63) is 21.5 Å². The minimum Gasteiger partial charge on any atom is -0.383 e. The molecular formula is C11H13N5O. The van der Waals surface area contributed by atoms with E-state index in [1.54, 1.807) is 0 Å². The predicted octanol–water partition coefficient (Wildman–Crippen LogP) is 0.361. The Labute approximate surface area is 97.1 Å². The molecular weight excluding hydrogens is 218 g/mol. The van der Waals surface area contributed by atoms with E-state index in [0.717, 1.165) is 42.2 Å². The zero-order chi connectivity index (χ0) is 12.0. The number of nitrogen functional groups attached to an aromatic ring is 2. The van der Waals surface area contributed by atoms with E-state index in [2.05, 4.69) is 15.0 Å². The molecule has 0 bridgehead atoms. The fourth-order valence-corrected chi connectivity index (χ4v) is 2.50. The van der Waals surface area contributed by atoms with Crippen molar-refractivity contribution in [3.63, 3.8) is 0 Å². The standard InChI is InChI=1S/C11H13N5O/c12-8-7-5-3-1-2-4-6(5)10(17)15-9(7)16-11(13)14-8/h1-4H2,(H5,12,13,14,15,16,17). The van der Waals surface area contributed by atoms with Crippen molar-refractivity contribution >= 4 is 22.8 Å². The van der Waals surface area contributed by atoms with Crippen molar-refractivity contribution in [2.45, 2.75) is 25.7 Å². The van der Waals surface area contributed by atoms with E-state index in [-0.39, 0.29) is 11.5 Å². The highest BCUT2D eigenvalue weighted by atomic mass is 16.1. The average molecular weight is 231 g/mol. The van der Waals surface area contributed by atoms with E-state index in [1.807, 2.05) is 0 Å². The Bertz CT molecular complexity index is 661. The highest BCUT2D eigenvalue weighted by Crippen LogP contribution is 2.27. The molecule has 2 aromatic rings. The van der Waals surface area contributed by atoms with Gasteiger partial charge in [0.1, 0.15) is 11.5 Å². The number of H-pyrrole nitrogens is 1. The van der Waals surface area contributed by atoms with Gasteiger partial charge in [0.25, 0.3) is 5.56 Å². The number of aromatic nitrogens is 3. The smallest absolute Gasteiger partial charge is 0.253 e. The number of aryl methyl sites for hydroxylation is 1. The van der Waals surface area contributed by atoms with Gasteiger partial charge in [-0.05, 0) is 31.2 Å². The van der Waals surface area contributed by atoms with Crippen LogP contribution in [0.25, 0.3) is 11.0 Å². The molecule has 17 heavy (non-hydrogen) atoms. The van der Waals surface area contributed by atoms with Crippen molar-refractivity contribution in [3.8, 4) is 0 Å². The van der Waals surface area contributed by atoms with Gasteiger partial charge in [0.2, 0.25) is 5.95 Å². The first kappa shape index (κ1) is 10.1. The summed E-state index contributed by atoms with van der Waals surface area (Å²) >= 11 is 0. The van der Waals surface area contributed by atoms with Crippen molar-refractivity contribution in [1.29, 1.82) is 0 Å². The number of hydrogen-bond acceptors (Lipinski definition) is 5. The first-order valence-corrected chi connectivity index (χ1v) is 5.63. The van der Waals surface area contributed by atoms with Gasteiger partial charge in [0.05, 0.1) is 5.39 Å². The topological polar surface area (TPSA) is 111 Å². The molecule has 0 spiro atoms. The van der Waals surface area contributed by atoms with E-state index >= 15 is 0 Å². The second kappa shape index (κ2) is 3.44. The summed E-state index contributed by atoms with van der Waals surface area (Å²) in [5, 5.41) is 0.758. The first-order chi connectivity index (χ1) is 8.16. The van der Waals surface area contributed by atoms with Crippen LogP contribution in [0.1, 0.15) is 24.0 Å². The summed E-state index contributed by atoms with van der Waals surface area (Å²) < 4.78 is 0. The molecule has 5 N–H and O–H groups in total. The number of pyridine rings is 1. The molecule has 6 nitrogen and oxygen atoms in total. The number of nitrogens with one attached hydrogen (secondary N) is 1. The van der Waals surface area contributed by atoms with E-state index < -0.39 is 0 Å². The maximum atomic E-state index is 11.9. The van der Waals surface area contributed by atoms with Gasteiger partial charge in [-0.1, -0.05) is 0 Å². The molecule has 3 rings (SSSR count). The Balaban J connectivity index is 2.47. The van der Waals surface area contributed by atoms with Crippen LogP contribution in [-0.4, -0.2) is 15.0 Å². The van der Waals surface area contributed by atoms with E-state index in [1.165, 1.54) is 0 Å². The molecule has 0 saturated carbocycles. The van der Waals surface area contributed by atoms with Crippen LogP contribution in [0.5, 0.6) is 0 Å². The van der Waals surface area contributed by atoms with Crippen LogP contribution in [0.3, 0.4) is 0 Å². The lowest BCUT2D eigenvalue weighted by atomic mass is 9.91. The van der Waals surface area contributed by atoms with Crippen LogP contribution in [0, 0.1) is 0 Å². The summed E-state index contributed by atoms with van der Waals surface area (Å²) in [5.74, 6) is 0.434. The number of fused-ring (bicyclic) bond motifs is 3. The average Bonchev–Trinajstić information content (AvgIpc) is 2.28. The SMILES string of the molecule is Nc1nc(N)c2c3c(c(=O)[nH]c2n1)CCCC3. The second-order valence-corrected chi connectivity index (χ2v) is 4.31. The van der Waals surface area contributed by atoms with Gasteiger partial charge in [-0.2, -0.15) is 9.97 Å². The quantitative estimate of drug-likeness (QED) is 0.606. The van der Waals surface area contributed by atoms with Crippen molar-refractivity contribution in [2.24, 2.45) is 0 Å². The third kappa shape index (κ3) is 1.44. The maximum absolute atomic E-state index is 11.9. The minimum atomic E-state index is -0.0790. The molecule has 0 saturated heterocycles. The Morgan fingerprint density at radius 2 is 1.76 bits per heavy atom. The van der Waals surface area contributed by atoms with Crippen molar-refractivity contribution < 1.29 is 0 Å². The summed E-state index contributed by atoms with van der Waals surface area (Å²) in [6, 6.07) is 0. The van der Waals surface area contributed by atoms with Crippen LogP contribution >= 0.6 is 0 Å². The number of anilines is 2. The monoisotopic (exact) mass is 231 g/mol. The van der Waals surface area contributed by atoms with Gasteiger partial charge in [-0.25, -0.2) is 0 Å². The van der Waals surface area contributed by atoms with Crippen molar-refractivity contribution in [2.75, 3.05) is 11.5 Å². The Morgan fingerprint density at radius 1 is 1.06 bits per heavy atom. The largest absolute Gasteiger partial charge is 0.383 e. The molecule has 1 aliphatic carbocycles. The molecule has 0 atom stereocenters. The zero-order valence-electron chi connectivity index (χ0n) is 9.29. The summed E-state index contributed by atoms with van der Waals surface area (Å²) in [6.45, 7) is 0. The minimum absolute atomic E-state index is 0.0790. The highest BCUT2D eigenvalue weighted by molar-refractivity contribution is 5.90. The summed E-state index contributed by atoms with van der Waals surface area (Å²) in [5.41, 5.74) is 13.6. The fraction of sp³-hybridized carbons (Fsp3) is 0.364. The van der Waals surface area contributed by atoms with E-state index in [9.17, 15) is 4.79 Å². The number of aromatic amines is 1. The first-order valence-electron chi connectivity index (χ1n) is 5.63. The van der Waals surface area contributed by atoms with Gasteiger partial charge in [-0.15, -0.1) is 0 Å². The molecule has 0 aromatic carbocycles. The third-order valence-electron chi connectivity index (χ3n) is 3.23. The Hall–Kier alpha value is -2.11. The zero-order valence-corrected chi connectivity index (χ0v) is 9.29. The van der Waals surface area contributed by atoms with Crippen LogP contribution < -0.4 is 17.0 Å². The van der Waals surface area contributed by atoms with Crippen molar-refractivity contribution in [1.82, 2.24) is 15.0 Å². The normalized spacial score (nSPS) is 14.8. The van der Waals surface area contributed by atoms with Crippen LogP contribution in [0.2, 0.25) is 0 Å². The molecule has 2 aromatic heterocycles. The maximum Gasteiger partial charge on any atom is 0.253 e. The predicted molar refractivity (Wildman–Crippen MR) is 65.6 cm³/mol. The van der Waals surface area contributed by atoms with Gasteiger partial charge in [0, 0.05) is 5.56 Å². The Kier molecular flexibility index (Phi) is 2.04. The third-order valence-corrected chi connectivity index (χ3v) is 3.23. The van der Waals surface area contributed by atoms with Gasteiger partial charge >= 0.3 is 0 Å². The highest BCUT2D eigenvalue weighted by Gasteiger charge is 2.19. The lowest BCUT2D eigenvalue weighted by Gasteiger charge is -2.17. The molecule has 2 heterocycles. The summed E-state index contributed by atoms with van der Waals surface area (Å²) in [7, 11) is 0. The fourth-order valence-electron chi connectivity index (χ4n) is 2.50. The molecule has 0 aliphatic heterocycles. The van der Waals surface area contributed by atoms with Gasteiger partial charge < -0.3 is 16.5 Å². The van der Waals surface area contributed by atoms with Crippen LogP contribution in [0.15, 0.2) is 4.79 Å². The van der Waals surface area contributed by atoms with E-state index in [0.29, 0.717) is 11.5 Å². The molecule has 1 aliphatic rings. The van der Waals surface area contributed by atoms with Gasteiger partial charge in [0.15, 0.2) is 0 Å². The second-order valence-electron chi connectivity index (χ2n) is 4.31. The summed E-state index contributed by atoms with van der Waals surface area (Å²) in [4.78, 5) is 22.6. The number of hydrogen-bond donors (Lipinski definition) is 3. The molecule has 0 fully saturated rings. The molecule has 0 radical (unpaired) electrons. The lowest BCUT2D eigenvalue weighted by Crippen LogP contribution is -2.21. The molecule has 0 amide bonds. The Morgan fingerprint density at radius 3 is 2.53 bits per heavy atom. The summed E-state index contributed by atoms with van der Waals surface area (Å²) in [6.07, 6.45) is 3.75. The van der Waals surface area contributed by atoms with Crippen LogP contribution in [0.4, 0.5) is 11.8 Å².